The Morgan fingerprint density at radius 1 is 1.17 bits per heavy atom. The van der Waals surface area contributed by atoms with Crippen LogP contribution in [-0.2, 0) is 19.5 Å². The standard InChI is InChI=1S/C23H24ClN5O/c1-14-5-6-18-15(10-14)11-16(21(24)26-18)12-29-9-7-19-17(13-29)23(30)28-22(27-19)20-4-2-3-8-25-20/h5-6,10-11H,2-4,7-9,12-13H2,1H3,(H,27,28,30). The van der Waals surface area contributed by atoms with Crippen molar-refractivity contribution in [1.82, 2.24) is 19.9 Å². The number of rotatable bonds is 3. The Bertz CT molecular complexity index is 1220. The number of H-pyrrole nitrogens is 1. The van der Waals surface area contributed by atoms with Crippen molar-refractivity contribution < 1.29 is 0 Å². The van der Waals surface area contributed by atoms with Crippen molar-refractivity contribution in [3.05, 3.63) is 68.0 Å². The number of fused-ring (bicyclic) bond motifs is 2. The summed E-state index contributed by atoms with van der Waals surface area (Å²) in [4.78, 5) is 31.9. The van der Waals surface area contributed by atoms with Crippen molar-refractivity contribution in [2.45, 2.75) is 45.7 Å². The minimum Gasteiger partial charge on any atom is -0.305 e. The minimum absolute atomic E-state index is 0.0497. The summed E-state index contributed by atoms with van der Waals surface area (Å²) in [7, 11) is 0. The molecular weight excluding hydrogens is 398 g/mol. The second-order valence-corrected chi connectivity index (χ2v) is 8.58. The van der Waals surface area contributed by atoms with Gasteiger partial charge in [0.1, 0.15) is 5.15 Å². The first kappa shape index (κ1) is 19.4. The van der Waals surface area contributed by atoms with Crippen LogP contribution in [0.4, 0.5) is 0 Å². The van der Waals surface area contributed by atoms with Crippen LogP contribution in [0.3, 0.4) is 0 Å². The first-order valence-corrected chi connectivity index (χ1v) is 10.9. The van der Waals surface area contributed by atoms with Gasteiger partial charge in [-0.1, -0.05) is 23.2 Å². The molecule has 0 saturated heterocycles. The zero-order valence-corrected chi connectivity index (χ0v) is 17.8. The smallest absolute Gasteiger partial charge is 0.255 e. The predicted molar refractivity (Wildman–Crippen MR) is 119 cm³/mol. The fourth-order valence-corrected chi connectivity index (χ4v) is 4.52. The number of pyridine rings is 1. The lowest BCUT2D eigenvalue weighted by molar-refractivity contribution is 0.241. The Morgan fingerprint density at radius 3 is 2.90 bits per heavy atom. The lowest BCUT2D eigenvalue weighted by Crippen LogP contribution is -2.36. The highest BCUT2D eigenvalue weighted by atomic mass is 35.5. The number of benzene rings is 1. The molecule has 4 heterocycles. The molecule has 0 radical (unpaired) electrons. The average molecular weight is 422 g/mol. The molecule has 0 atom stereocenters. The van der Waals surface area contributed by atoms with Gasteiger partial charge in [-0.05, 0) is 44.4 Å². The van der Waals surface area contributed by atoms with Crippen molar-refractivity contribution >= 4 is 28.2 Å². The summed E-state index contributed by atoms with van der Waals surface area (Å²) in [5.74, 6) is 0.657. The summed E-state index contributed by atoms with van der Waals surface area (Å²) in [6.45, 7) is 4.94. The fraction of sp³-hybridized carbons (Fsp3) is 0.391. The number of nitrogens with one attached hydrogen (secondary N) is 1. The minimum atomic E-state index is -0.0497. The van der Waals surface area contributed by atoms with E-state index in [1.807, 2.05) is 12.1 Å². The van der Waals surface area contributed by atoms with Crippen molar-refractivity contribution in [3.8, 4) is 0 Å². The van der Waals surface area contributed by atoms with E-state index in [2.05, 4.69) is 38.9 Å². The van der Waals surface area contributed by atoms with Gasteiger partial charge in [-0.2, -0.15) is 0 Å². The van der Waals surface area contributed by atoms with Crippen LogP contribution in [0.25, 0.3) is 10.9 Å². The quantitative estimate of drug-likeness (QED) is 0.652. The summed E-state index contributed by atoms with van der Waals surface area (Å²) in [5.41, 5.74) is 5.62. The van der Waals surface area contributed by atoms with Crippen LogP contribution in [0.5, 0.6) is 0 Å². The van der Waals surface area contributed by atoms with Crippen molar-refractivity contribution in [1.29, 1.82) is 0 Å². The van der Waals surface area contributed by atoms with Gasteiger partial charge in [0.15, 0.2) is 5.82 Å². The van der Waals surface area contributed by atoms with Crippen LogP contribution in [0.2, 0.25) is 5.15 Å². The van der Waals surface area contributed by atoms with Crippen LogP contribution in [0.1, 0.15) is 47.5 Å². The summed E-state index contributed by atoms with van der Waals surface area (Å²) in [5, 5.41) is 1.61. The Balaban J connectivity index is 1.40. The highest BCUT2D eigenvalue weighted by Crippen LogP contribution is 2.25. The topological polar surface area (TPSA) is 74.2 Å². The SMILES string of the molecule is Cc1ccc2nc(Cl)c(CN3CCc4nc(C5=NCCCC5)[nH]c(=O)c4C3)cc2c1. The largest absolute Gasteiger partial charge is 0.305 e. The Morgan fingerprint density at radius 2 is 2.07 bits per heavy atom. The van der Waals surface area contributed by atoms with Crippen LogP contribution in [-0.4, -0.2) is 38.7 Å². The molecule has 0 bridgehead atoms. The monoisotopic (exact) mass is 421 g/mol. The predicted octanol–water partition coefficient (Wildman–Crippen LogP) is 3.81. The number of halogens is 1. The molecular formula is C23H24ClN5O. The fourth-order valence-electron chi connectivity index (χ4n) is 4.31. The van der Waals surface area contributed by atoms with E-state index < -0.39 is 0 Å². The van der Waals surface area contributed by atoms with Gasteiger partial charge in [0, 0.05) is 43.5 Å². The summed E-state index contributed by atoms with van der Waals surface area (Å²) < 4.78 is 0. The Hall–Kier alpha value is -2.57. The van der Waals surface area contributed by atoms with Crippen LogP contribution >= 0.6 is 11.6 Å². The first-order valence-electron chi connectivity index (χ1n) is 10.5. The third-order valence-electron chi connectivity index (χ3n) is 5.94. The lowest BCUT2D eigenvalue weighted by atomic mass is 10.0. The second-order valence-electron chi connectivity index (χ2n) is 8.22. The van der Waals surface area contributed by atoms with Crippen molar-refractivity contribution in [2.75, 3.05) is 13.1 Å². The van der Waals surface area contributed by atoms with Crippen molar-refractivity contribution in [3.63, 3.8) is 0 Å². The molecule has 2 aromatic heterocycles. The number of hydrogen-bond acceptors (Lipinski definition) is 5. The second kappa shape index (κ2) is 7.93. The molecule has 0 amide bonds. The molecule has 0 saturated carbocycles. The molecule has 0 unspecified atom stereocenters. The number of nitrogens with zero attached hydrogens (tertiary/aromatic N) is 4. The van der Waals surface area contributed by atoms with Gasteiger partial charge in [-0.25, -0.2) is 9.97 Å². The van der Waals surface area contributed by atoms with E-state index in [4.69, 9.17) is 16.6 Å². The summed E-state index contributed by atoms with van der Waals surface area (Å²) in [6, 6.07) is 8.27. The van der Waals surface area contributed by atoms with E-state index in [1.165, 1.54) is 5.56 Å². The molecule has 2 aliphatic rings. The molecule has 30 heavy (non-hydrogen) atoms. The van der Waals surface area contributed by atoms with E-state index in [1.54, 1.807) is 0 Å². The maximum absolute atomic E-state index is 12.8. The molecule has 1 aromatic carbocycles. The van der Waals surface area contributed by atoms with Crippen molar-refractivity contribution in [2.24, 2.45) is 4.99 Å². The van der Waals surface area contributed by atoms with Gasteiger partial charge in [-0.3, -0.25) is 14.7 Å². The molecule has 2 aliphatic heterocycles. The van der Waals surface area contributed by atoms with Gasteiger partial charge in [0.25, 0.3) is 5.56 Å². The van der Waals surface area contributed by atoms with Gasteiger partial charge >= 0.3 is 0 Å². The molecule has 0 spiro atoms. The summed E-state index contributed by atoms with van der Waals surface area (Å²) in [6.07, 6.45) is 3.85. The zero-order valence-electron chi connectivity index (χ0n) is 17.0. The summed E-state index contributed by atoms with van der Waals surface area (Å²) >= 11 is 6.47. The highest BCUT2D eigenvalue weighted by molar-refractivity contribution is 6.30. The number of aryl methyl sites for hydroxylation is 1. The number of aliphatic imine (C=N–C) groups is 1. The lowest BCUT2D eigenvalue weighted by Gasteiger charge is -2.28. The average Bonchev–Trinajstić information content (AvgIpc) is 2.75. The van der Waals surface area contributed by atoms with Gasteiger partial charge in [0.05, 0.1) is 22.5 Å². The van der Waals surface area contributed by atoms with E-state index in [0.717, 1.165) is 72.2 Å². The molecule has 5 rings (SSSR count). The van der Waals surface area contributed by atoms with E-state index in [-0.39, 0.29) is 5.56 Å². The van der Waals surface area contributed by atoms with Crippen LogP contribution in [0, 0.1) is 6.92 Å². The molecule has 154 valence electrons. The molecule has 3 aromatic rings. The molecule has 0 fully saturated rings. The molecule has 7 heteroatoms. The van der Waals surface area contributed by atoms with Gasteiger partial charge in [0.2, 0.25) is 0 Å². The van der Waals surface area contributed by atoms with Crippen LogP contribution < -0.4 is 5.56 Å². The number of aromatic nitrogens is 3. The normalized spacial score (nSPS) is 17.1. The molecule has 0 aliphatic carbocycles. The third-order valence-corrected chi connectivity index (χ3v) is 6.26. The van der Waals surface area contributed by atoms with Gasteiger partial charge < -0.3 is 4.98 Å². The van der Waals surface area contributed by atoms with E-state index in [0.29, 0.717) is 24.1 Å². The van der Waals surface area contributed by atoms with E-state index in [9.17, 15) is 4.79 Å². The first-order chi connectivity index (χ1) is 14.6. The maximum atomic E-state index is 12.8. The van der Waals surface area contributed by atoms with Crippen LogP contribution in [0.15, 0.2) is 34.1 Å². The Labute approximate surface area is 180 Å². The van der Waals surface area contributed by atoms with Gasteiger partial charge in [-0.15, -0.1) is 0 Å². The van der Waals surface area contributed by atoms with E-state index >= 15 is 0 Å². The molecule has 1 N–H and O–H groups in total. The Kier molecular flexibility index (Phi) is 5.13. The maximum Gasteiger partial charge on any atom is 0.255 e. The third kappa shape index (κ3) is 3.77. The highest BCUT2D eigenvalue weighted by Gasteiger charge is 2.23. The number of aromatic amines is 1. The molecule has 6 nitrogen and oxygen atoms in total. The zero-order chi connectivity index (χ0) is 20.7. The number of hydrogen-bond donors (Lipinski definition) is 1.